The summed E-state index contributed by atoms with van der Waals surface area (Å²) in [7, 11) is 0. The number of rotatable bonds is 5. The first-order chi connectivity index (χ1) is 8.27. The molecule has 2 atom stereocenters. The van der Waals surface area contributed by atoms with Crippen LogP contribution in [-0.2, 0) is 4.79 Å². The Hall–Kier alpha value is -0.570. The molecular weight excluding hydrogens is 212 g/mol. The maximum Gasteiger partial charge on any atom is 0.223 e. The first-order valence-corrected chi connectivity index (χ1v) is 7.28. The van der Waals surface area contributed by atoms with Crippen molar-refractivity contribution in [3.63, 3.8) is 0 Å². The van der Waals surface area contributed by atoms with Gasteiger partial charge in [-0.3, -0.25) is 4.79 Å². The van der Waals surface area contributed by atoms with Crippen molar-refractivity contribution in [2.45, 2.75) is 57.9 Å². The summed E-state index contributed by atoms with van der Waals surface area (Å²) >= 11 is 0. The van der Waals surface area contributed by atoms with Crippen LogP contribution in [-0.4, -0.2) is 25.0 Å². The van der Waals surface area contributed by atoms with Gasteiger partial charge in [-0.2, -0.15) is 0 Å². The molecule has 0 heterocycles. The molecule has 2 aliphatic rings. The van der Waals surface area contributed by atoms with Crippen LogP contribution in [0.1, 0.15) is 51.9 Å². The summed E-state index contributed by atoms with van der Waals surface area (Å²) in [4.78, 5) is 11.6. The summed E-state index contributed by atoms with van der Waals surface area (Å²) in [6, 6.07) is 0.689. The van der Waals surface area contributed by atoms with Gasteiger partial charge in [0.25, 0.3) is 0 Å². The van der Waals surface area contributed by atoms with Gasteiger partial charge in [0.2, 0.25) is 5.91 Å². The fraction of sp³-hybridized carbons (Fsp3) is 0.929. The van der Waals surface area contributed by atoms with Crippen LogP contribution < -0.4 is 10.6 Å². The first kappa shape index (κ1) is 12.9. The lowest BCUT2D eigenvalue weighted by Crippen LogP contribution is -2.37. The second kappa shape index (κ2) is 6.39. The van der Waals surface area contributed by atoms with E-state index in [0.29, 0.717) is 17.9 Å². The van der Waals surface area contributed by atoms with E-state index < -0.39 is 0 Å². The minimum Gasteiger partial charge on any atom is -0.355 e. The molecule has 0 spiro atoms. The van der Waals surface area contributed by atoms with Gasteiger partial charge in [-0.15, -0.1) is 0 Å². The van der Waals surface area contributed by atoms with Gasteiger partial charge in [0.15, 0.2) is 0 Å². The molecular formula is C14H26N2O. The molecule has 0 aliphatic heterocycles. The van der Waals surface area contributed by atoms with Crippen LogP contribution >= 0.6 is 0 Å². The van der Waals surface area contributed by atoms with Crippen molar-refractivity contribution in [2.24, 2.45) is 11.8 Å². The van der Waals surface area contributed by atoms with Crippen molar-refractivity contribution in [1.82, 2.24) is 10.6 Å². The minimum atomic E-state index is 0.264. The number of nitrogens with one attached hydrogen (secondary N) is 2. The van der Waals surface area contributed by atoms with Crippen LogP contribution in [0.15, 0.2) is 0 Å². The van der Waals surface area contributed by atoms with E-state index in [1.165, 1.54) is 38.5 Å². The molecule has 2 rings (SSSR count). The predicted octanol–water partition coefficient (Wildman–Crippen LogP) is 2.07. The van der Waals surface area contributed by atoms with E-state index in [4.69, 9.17) is 0 Å². The van der Waals surface area contributed by atoms with Gasteiger partial charge in [0, 0.05) is 25.0 Å². The van der Waals surface area contributed by atoms with E-state index in [2.05, 4.69) is 17.6 Å². The normalized spacial score (nSPS) is 29.7. The second-order valence-electron chi connectivity index (χ2n) is 5.75. The molecule has 3 nitrogen and oxygen atoms in total. The Morgan fingerprint density at radius 1 is 1.12 bits per heavy atom. The summed E-state index contributed by atoms with van der Waals surface area (Å²) in [5, 5.41) is 6.60. The summed E-state index contributed by atoms with van der Waals surface area (Å²) in [6.45, 7) is 3.87. The van der Waals surface area contributed by atoms with Gasteiger partial charge in [-0.05, 0) is 25.2 Å². The molecule has 2 unspecified atom stereocenters. The van der Waals surface area contributed by atoms with E-state index in [1.807, 2.05) is 0 Å². The lowest BCUT2D eigenvalue weighted by molar-refractivity contribution is -0.122. The molecule has 2 aliphatic carbocycles. The Balaban J connectivity index is 1.51. The van der Waals surface area contributed by atoms with Crippen LogP contribution in [0.4, 0.5) is 0 Å². The molecule has 2 fully saturated rings. The molecule has 0 aromatic rings. The molecule has 1 amide bonds. The zero-order valence-corrected chi connectivity index (χ0v) is 11.0. The first-order valence-electron chi connectivity index (χ1n) is 7.28. The zero-order chi connectivity index (χ0) is 12.1. The SMILES string of the molecule is CC1CC1C(=O)NCCNC1CCCCCC1. The fourth-order valence-corrected chi connectivity index (χ4v) is 2.76. The predicted molar refractivity (Wildman–Crippen MR) is 69.8 cm³/mol. The van der Waals surface area contributed by atoms with E-state index in [9.17, 15) is 4.79 Å². The Bertz CT molecular complexity index is 247. The van der Waals surface area contributed by atoms with Crippen LogP contribution in [0.3, 0.4) is 0 Å². The van der Waals surface area contributed by atoms with Crippen LogP contribution in [0.5, 0.6) is 0 Å². The largest absolute Gasteiger partial charge is 0.355 e. The number of hydrogen-bond donors (Lipinski definition) is 2. The van der Waals surface area contributed by atoms with Crippen molar-refractivity contribution < 1.29 is 4.79 Å². The molecule has 17 heavy (non-hydrogen) atoms. The van der Waals surface area contributed by atoms with Crippen molar-refractivity contribution >= 4 is 5.91 Å². The number of carbonyl (C=O) groups is 1. The van der Waals surface area contributed by atoms with Crippen LogP contribution in [0.2, 0.25) is 0 Å². The van der Waals surface area contributed by atoms with Crippen LogP contribution in [0.25, 0.3) is 0 Å². The summed E-state index contributed by atoms with van der Waals surface area (Å²) < 4.78 is 0. The third kappa shape index (κ3) is 4.30. The molecule has 0 aromatic heterocycles. The van der Waals surface area contributed by atoms with Gasteiger partial charge in [0.05, 0.1) is 0 Å². The van der Waals surface area contributed by atoms with E-state index in [0.717, 1.165) is 19.5 Å². The molecule has 3 heteroatoms. The standard InChI is InChI=1S/C14H26N2O/c1-11-10-13(11)14(17)16-9-8-15-12-6-4-2-3-5-7-12/h11-13,15H,2-10H2,1H3,(H,16,17). The van der Waals surface area contributed by atoms with Crippen molar-refractivity contribution in [1.29, 1.82) is 0 Å². The Morgan fingerprint density at radius 2 is 1.76 bits per heavy atom. The molecule has 2 N–H and O–H groups in total. The van der Waals surface area contributed by atoms with Gasteiger partial charge in [-0.25, -0.2) is 0 Å². The highest BCUT2D eigenvalue weighted by molar-refractivity contribution is 5.81. The van der Waals surface area contributed by atoms with Gasteiger partial charge >= 0.3 is 0 Å². The van der Waals surface area contributed by atoms with Crippen LogP contribution in [0, 0.1) is 11.8 Å². The average molecular weight is 238 g/mol. The molecule has 0 saturated heterocycles. The Morgan fingerprint density at radius 3 is 2.35 bits per heavy atom. The fourth-order valence-electron chi connectivity index (χ4n) is 2.76. The highest BCUT2D eigenvalue weighted by Gasteiger charge is 2.38. The van der Waals surface area contributed by atoms with Gasteiger partial charge in [0.1, 0.15) is 0 Å². The summed E-state index contributed by atoms with van der Waals surface area (Å²) in [6.07, 6.45) is 9.24. The number of hydrogen-bond acceptors (Lipinski definition) is 2. The van der Waals surface area contributed by atoms with E-state index in [-0.39, 0.29) is 5.91 Å². The lowest BCUT2D eigenvalue weighted by Gasteiger charge is -2.16. The second-order valence-corrected chi connectivity index (χ2v) is 5.75. The summed E-state index contributed by atoms with van der Waals surface area (Å²) in [5.74, 6) is 1.19. The maximum atomic E-state index is 11.6. The highest BCUT2D eigenvalue weighted by Crippen LogP contribution is 2.37. The zero-order valence-electron chi connectivity index (χ0n) is 11.0. The quantitative estimate of drug-likeness (QED) is 0.569. The molecule has 0 radical (unpaired) electrons. The van der Waals surface area contributed by atoms with Crippen molar-refractivity contribution in [3.05, 3.63) is 0 Å². The van der Waals surface area contributed by atoms with Gasteiger partial charge < -0.3 is 10.6 Å². The summed E-state index contributed by atoms with van der Waals surface area (Å²) in [5.41, 5.74) is 0. The maximum absolute atomic E-state index is 11.6. The van der Waals surface area contributed by atoms with Crippen molar-refractivity contribution in [3.8, 4) is 0 Å². The number of amides is 1. The monoisotopic (exact) mass is 238 g/mol. The third-order valence-electron chi connectivity index (χ3n) is 4.16. The average Bonchev–Trinajstić information content (AvgIpc) is 3.08. The number of carbonyl (C=O) groups excluding carboxylic acids is 1. The molecule has 0 bridgehead atoms. The Kier molecular flexibility index (Phi) is 4.84. The van der Waals surface area contributed by atoms with Crippen molar-refractivity contribution in [2.75, 3.05) is 13.1 Å². The van der Waals surface area contributed by atoms with E-state index in [1.54, 1.807) is 0 Å². The lowest BCUT2D eigenvalue weighted by atomic mass is 10.1. The topological polar surface area (TPSA) is 41.1 Å². The van der Waals surface area contributed by atoms with E-state index >= 15 is 0 Å². The van der Waals surface area contributed by atoms with Gasteiger partial charge in [-0.1, -0.05) is 32.6 Å². The molecule has 98 valence electrons. The third-order valence-corrected chi connectivity index (χ3v) is 4.16. The highest BCUT2D eigenvalue weighted by atomic mass is 16.2. The smallest absolute Gasteiger partial charge is 0.223 e. The minimum absolute atomic E-state index is 0.264. The molecule has 0 aromatic carbocycles. The Labute approximate surface area is 105 Å². The molecule has 2 saturated carbocycles.